The maximum Gasteiger partial charge on any atom is 0.242 e. The van der Waals surface area contributed by atoms with Crippen molar-refractivity contribution in [1.82, 2.24) is 4.72 Å². The zero-order valence-corrected chi connectivity index (χ0v) is 11.8. The molecule has 0 saturated carbocycles. The van der Waals surface area contributed by atoms with Crippen LogP contribution in [0.1, 0.15) is 6.92 Å². The lowest BCUT2D eigenvalue weighted by molar-refractivity contribution is 0.570. The molecule has 1 aromatic rings. The maximum absolute atomic E-state index is 12.1. The molecule has 0 saturated heterocycles. The van der Waals surface area contributed by atoms with Crippen LogP contribution >= 0.6 is 0 Å². The van der Waals surface area contributed by atoms with Gasteiger partial charge in [-0.1, -0.05) is 12.1 Å². The predicted molar refractivity (Wildman–Crippen MR) is 73.0 cm³/mol. The van der Waals surface area contributed by atoms with Crippen molar-refractivity contribution in [1.29, 1.82) is 0 Å². The number of nitrogen functional groups attached to an aromatic ring is 1. The van der Waals surface area contributed by atoms with Crippen molar-refractivity contribution < 1.29 is 12.6 Å². The number of benzene rings is 1. The molecule has 0 fully saturated rings. The smallest absolute Gasteiger partial charge is 0.242 e. The highest BCUT2D eigenvalue weighted by Crippen LogP contribution is 2.19. The molecule has 1 rings (SSSR count). The van der Waals surface area contributed by atoms with Crippen LogP contribution in [0.3, 0.4) is 0 Å². The number of para-hydroxylation sites is 1. The van der Waals surface area contributed by atoms with Crippen molar-refractivity contribution in [2.75, 3.05) is 17.4 Å². The molecule has 0 aliphatic carbocycles. The fourth-order valence-corrected chi connectivity index (χ4v) is 3.84. The molecule has 0 bridgehead atoms. The first-order valence-electron chi connectivity index (χ1n) is 5.25. The van der Waals surface area contributed by atoms with Crippen LogP contribution in [-0.4, -0.2) is 30.7 Å². The van der Waals surface area contributed by atoms with Crippen molar-refractivity contribution in [3.05, 3.63) is 24.3 Å². The van der Waals surface area contributed by atoms with Crippen LogP contribution in [0.25, 0.3) is 0 Å². The van der Waals surface area contributed by atoms with E-state index in [0.717, 1.165) is 0 Å². The maximum atomic E-state index is 12.1. The number of hydrogen-bond donors (Lipinski definition) is 3. The summed E-state index contributed by atoms with van der Waals surface area (Å²) in [5, 5.41) is 0. The van der Waals surface area contributed by atoms with Gasteiger partial charge in [0.1, 0.15) is 4.90 Å². The van der Waals surface area contributed by atoms with E-state index in [9.17, 15) is 12.6 Å². The molecule has 0 aliphatic heterocycles. The van der Waals surface area contributed by atoms with Crippen LogP contribution < -0.4 is 16.0 Å². The van der Waals surface area contributed by atoms with Gasteiger partial charge in [0.2, 0.25) is 10.0 Å². The Hall–Kier alpha value is -0.960. The second kappa shape index (κ2) is 6.28. The number of anilines is 1. The van der Waals surface area contributed by atoms with Crippen molar-refractivity contribution in [3.63, 3.8) is 0 Å². The zero-order chi connectivity index (χ0) is 13.8. The van der Waals surface area contributed by atoms with E-state index >= 15 is 0 Å². The molecule has 2 atom stereocenters. The molecule has 0 aliphatic rings. The molecule has 18 heavy (non-hydrogen) atoms. The normalized spacial score (nSPS) is 15.1. The van der Waals surface area contributed by atoms with Gasteiger partial charge >= 0.3 is 0 Å². The summed E-state index contributed by atoms with van der Waals surface area (Å²) < 4.78 is 37.7. The fourth-order valence-electron chi connectivity index (χ4n) is 1.53. The van der Waals surface area contributed by atoms with E-state index in [1.807, 2.05) is 0 Å². The molecule has 102 valence electrons. The highest BCUT2D eigenvalue weighted by atomic mass is 32.2. The van der Waals surface area contributed by atoms with Crippen LogP contribution in [0.4, 0.5) is 5.69 Å². The lowest BCUT2D eigenvalue weighted by Crippen LogP contribution is -2.36. The first kappa shape index (κ1) is 15.1. The van der Waals surface area contributed by atoms with Gasteiger partial charge in [0, 0.05) is 28.9 Å². The molecule has 1 aromatic carbocycles. The van der Waals surface area contributed by atoms with Gasteiger partial charge in [0.25, 0.3) is 0 Å². The van der Waals surface area contributed by atoms with Crippen molar-refractivity contribution in [3.8, 4) is 0 Å². The Morgan fingerprint density at radius 1 is 1.39 bits per heavy atom. The van der Waals surface area contributed by atoms with E-state index in [4.69, 9.17) is 5.84 Å². The van der Waals surface area contributed by atoms with Crippen LogP contribution in [0.2, 0.25) is 0 Å². The summed E-state index contributed by atoms with van der Waals surface area (Å²) in [6.07, 6.45) is 1.53. The van der Waals surface area contributed by atoms with E-state index < -0.39 is 26.9 Å². The molecule has 8 heteroatoms. The summed E-state index contributed by atoms with van der Waals surface area (Å²) in [6, 6.07) is 5.90. The van der Waals surface area contributed by atoms with Gasteiger partial charge in [0.15, 0.2) is 0 Å². The minimum Gasteiger partial charge on any atom is -0.323 e. The summed E-state index contributed by atoms with van der Waals surface area (Å²) in [5.41, 5.74) is 2.65. The van der Waals surface area contributed by atoms with Crippen LogP contribution in [0.5, 0.6) is 0 Å². The van der Waals surface area contributed by atoms with Gasteiger partial charge in [-0.05, 0) is 19.1 Å². The minimum absolute atomic E-state index is 0.0706. The Bertz CT molecular complexity index is 531. The van der Waals surface area contributed by atoms with E-state index in [2.05, 4.69) is 10.1 Å². The van der Waals surface area contributed by atoms with Gasteiger partial charge in [0.05, 0.1) is 5.69 Å². The average molecular weight is 291 g/mol. The Morgan fingerprint density at radius 3 is 2.56 bits per heavy atom. The number of sulfonamides is 1. The summed E-state index contributed by atoms with van der Waals surface area (Å²) >= 11 is 0. The minimum atomic E-state index is -3.67. The summed E-state index contributed by atoms with van der Waals surface area (Å²) in [5.74, 6) is 5.53. The molecule has 2 unspecified atom stereocenters. The van der Waals surface area contributed by atoms with Crippen LogP contribution in [0, 0.1) is 0 Å². The lowest BCUT2D eigenvalue weighted by atomic mass is 10.3. The van der Waals surface area contributed by atoms with Gasteiger partial charge in [-0.25, -0.2) is 13.1 Å². The number of rotatable bonds is 6. The highest BCUT2D eigenvalue weighted by molar-refractivity contribution is 7.89. The summed E-state index contributed by atoms with van der Waals surface area (Å²) in [6.45, 7) is 1.66. The molecule has 0 spiro atoms. The number of hydrogen-bond acceptors (Lipinski definition) is 5. The van der Waals surface area contributed by atoms with Gasteiger partial charge in [-0.3, -0.25) is 10.1 Å². The molecule has 0 aromatic heterocycles. The molecule has 0 radical (unpaired) electrons. The van der Waals surface area contributed by atoms with E-state index in [1.165, 1.54) is 12.3 Å². The first-order valence-corrected chi connectivity index (χ1v) is 8.46. The lowest BCUT2D eigenvalue weighted by Gasteiger charge is -2.15. The molecular weight excluding hydrogens is 274 g/mol. The standard InChI is InChI=1S/C10H17N3O3S2/c1-8(7-17(2)14)13-18(15,16)10-6-4-3-5-9(10)12-11/h3-6,8,12-13H,7,11H2,1-2H3. The fraction of sp³-hybridized carbons (Fsp3) is 0.400. The van der Waals surface area contributed by atoms with Crippen molar-refractivity contribution >= 4 is 26.5 Å². The molecule has 6 nitrogen and oxygen atoms in total. The second-order valence-corrected chi connectivity index (χ2v) is 7.06. The Morgan fingerprint density at radius 2 is 2.00 bits per heavy atom. The monoisotopic (exact) mass is 291 g/mol. The average Bonchev–Trinajstić information content (AvgIpc) is 2.27. The third-order valence-corrected chi connectivity index (χ3v) is 4.79. The Balaban J connectivity index is 2.96. The quantitative estimate of drug-likeness (QED) is 0.506. The van der Waals surface area contributed by atoms with Crippen molar-refractivity contribution in [2.45, 2.75) is 17.9 Å². The van der Waals surface area contributed by atoms with Gasteiger partial charge < -0.3 is 5.43 Å². The largest absolute Gasteiger partial charge is 0.323 e. The topological polar surface area (TPSA) is 101 Å². The number of nitrogens with two attached hydrogens (primary N) is 1. The molecular formula is C10H17N3O3S2. The molecule has 0 amide bonds. The predicted octanol–water partition coefficient (Wildman–Crippen LogP) is 0.0175. The van der Waals surface area contributed by atoms with Crippen LogP contribution in [-0.2, 0) is 20.8 Å². The summed E-state index contributed by atoms with van der Waals surface area (Å²) in [7, 11) is -4.74. The van der Waals surface area contributed by atoms with Gasteiger partial charge in [-0.2, -0.15) is 0 Å². The SMILES string of the molecule is CC(CS(C)=O)NS(=O)(=O)c1ccccc1NN. The van der Waals surface area contributed by atoms with E-state index in [0.29, 0.717) is 5.69 Å². The van der Waals surface area contributed by atoms with Crippen LogP contribution in [0.15, 0.2) is 29.2 Å². The number of hydrazine groups is 1. The van der Waals surface area contributed by atoms with E-state index in [1.54, 1.807) is 25.1 Å². The highest BCUT2D eigenvalue weighted by Gasteiger charge is 2.20. The van der Waals surface area contributed by atoms with Crippen molar-refractivity contribution in [2.24, 2.45) is 5.84 Å². The second-order valence-electron chi connectivity index (χ2n) is 3.90. The molecule has 4 N–H and O–H groups in total. The molecule has 0 heterocycles. The van der Waals surface area contributed by atoms with Gasteiger partial charge in [-0.15, -0.1) is 0 Å². The summed E-state index contributed by atoms with van der Waals surface area (Å²) in [4.78, 5) is 0.0706. The Kier molecular flexibility index (Phi) is 5.27. The third-order valence-electron chi connectivity index (χ3n) is 2.17. The van der Waals surface area contributed by atoms with E-state index in [-0.39, 0.29) is 10.6 Å². The third kappa shape index (κ3) is 4.05. The number of nitrogens with one attached hydrogen (secondary N) is 2. The Labute approximate surface area is 109 Å². The first-order chi connectivity index (χ1) is 8.36. The zero-order valence-electron chi connectivity index (χ0n) is 10.2.